The van der Waals surface area contributed by atoms with Crippen molar-refractivity contribution in [2.45, 2.75) is 25.3 Å². The molecular weight excluding hydrogens is 322 g/mol. The van der Waals surface area contributed by atoms with Crippen molar-refractivity contribution in [1.82, 2.24) is 10.6 Å². The highest BCUT2D eigenvalue weighted by Crippen LogP contribution is 2.30. The van der Waals surface area contributed by atoms with Crippen LogP contribution in [0.15, 0.2) is 34.9 Å². The molecule has 2 aliphatic rings. The number of para-hydroxylation sites is 1. The summed E-state index contributed by atoms with van der Waals surface area (Å²) in [5.41, 5.74) is 1.99. The highest BCUT2D eigenvalue weighted by Gasteiger charge is 2.29. The van der Waals surface area contributed by atoms with E-state index in [1.54, 1.807) is 6.07 Å². The molecule has 1 aromatic heterocycles. The van der Waals surface area contributed by atoms with Crippen LogP contribution in [0.25, 0.3) is 0 Å². The van der Waals surface area contributed by atoms with E-state index in [9.17, 15) is 14.4 Å². The van der Waals surface area contributed by atoms with Gasteiger partial charge in [0.05, 0.1) is 17.2 Å². The van der Waals surface area contributed by atoms with Gasteiger partial charge >= 0.3 is 0 Å². The summed E-state index contributed by atoms with van der Waals surface area (Å²) >= 11 is 0. The summed E-state index contributed by atoms with van der Waals surface area (Å²) in [6.45, 7) is 0.505. The molecule has 1 saturated heterocycles. The topological polar surface area (TPSA) is 100 Å². The number of nitrogens with one attached hydrogen (secondary N) is 3. The monoisotopic (exact) mass is 339 g/mol. The number of benzene rings is 1. The van der Waals surface area contributed by atoms with Crippen LogP contribution >= 0.6 is 0 Å². The molecule has 7 heteroatoms. The van der Waals surface area contributed by atoms with E-state index in [-0.39, 0.29) is 23.4 Å². The van der Waals surface area contributed by atoms with Gasteiger partial charge in [-0.25, -0.2) is 0 Å². The third-order valence-electron chi connectivity index (χ3n) is 4.56. The van der Waals surface area contributed by atoms with E-state index in [1.165, 1.54) is 6.26 Å². The van der Waals surface area contributed by atoms with Crippen LogP contribution < -0.4 is 16.0 Å². The fourth-order valence-corrected chi connectivity index (χ4v) is 3.33. The van der Waals surface area contributed by atoms with E-state index in [0.29, 0.717) is 42.8 Å². The maximum atomic E-state index is 12.7. The minimum Gasteiger partial charge on any atom is -0.468 e. The first-order valence-corrected chi connectivity index (χ1v) is 8.21. The van der Waals surface area contributed by atoms with Crippen molar-refractivity contribution in [3.8, 4) is 0 Å². The molecule has 4 rings (SSSR count). The Bertz CT molecular complexity index is 871. The van der Waals surface area contributed by atoms with Crippen LogP contribution in [-0.4, -0.2) is 24.3 Å². The van der Waals surface area contributed by atoms with Gasteiger partial charge < -0.3 is 20.4 Å². The second-order valence-corrected chi connectivity index (χ2v) is 6.15. The summed E-state index contributed by atoms with van der Waals surface area (Å²) in [4.78, 5) is 36.2. The molecule has 128 valence electrons. The van der Waals surface area contributed by atoms with Crippen LogP contribution in [-0.2, 0) is 11.2 Å². The lowest BCUT2D eigenvalue weighted by atomic mass is 10.0. The van der Waals surface area contributed by atoms with Crippen molar-refractivity contribution in [3.05, 3.63) is 53.0 Å². The van der Waals surface area contributed by atoms with Gasteiger partial charge in [-0.2, -0.15) is 0 Å². The number of carbonyl (C=O) groups excluding carboxylic acids is 3. The molecule has 1 fully saturated rings. The minimum absolute atomic E-state index is 0.00621. The zero-order valence-corrected chi connectivity index (χ0v) is 13.4. The molecule has 0 bridgehead atoms. The van der Waals surface area contributed by atoms with Crippen LogP contribution in [0.4, 0.5) is 5.69 Å². The SMILES string of the molecule is O=C1CCC(c2ccccc2NC(=O)c2coc3c2C(=O)NCC3)N1. The predicted octanol–water partition coefficient (Wildman–Crippen LogP) is 1.77. The summed E-state index contributed by atoms with van der Waals surface area (Å²) < 4.78 is 5.38. The maximum Gasteiger partial charge on any atom is 0.259 e. The Kier molecular flexibility index (Phi) is 3.76. The highest BCUT2D eigenvalue weighted by molar-refractivity contribution is 6.13. The first kappa shape index (κ1) is 15.4. The molecule has 3 amide bonds. The van der Waals surface area contributed by atoms with Crippen molar-refractivity contribution in [1.29, 1.82) is 0 Å². The lowest BCUT2D eigenvalue weighted by molar-refractivity contribution is -0.119. The molecule has 1 atom stereocenters. The molecule has 0 aliphatic carbocycles. The normalized spacial score (nSPS) is 19.1. The lowest BCUT2D eigenvalue weighted by Gasteiger charge is -2.17. The minimum atomic E-state index is -0.404. The van der Waals surface area contributed by atoms with Crippen LogP contribution in [0, 0.1) is 0 Å². The Hall–Kier alpha value is -3.09. The van der Waals surface area contributed by atoms with E-state index in [4.69, 9.17) is 4.42 Å². The molecule has 0 radical (unpaired) electrons. The van der Waals surface area contributed by atoms with Crippen LogP contribution in [0.5, 0.6) is 0 Å². The Morgan fingerprint density at radius 3 is 2.84 bits per heavy atom. The molecule has 2 aliphatic heterocycles. The van der Waals surface area contributed by atoms with E-state index in [1.807, 2.05) is 18.2 Å². The Morgan fingerprint density at radius 2 is 2.04 bits per heavy atom. The summed E-state index contributed by atoms with van der Waals surface area (Å²) in [7, 11) is 0. The summed E-state index contributed by atoms with van der Waals surface area (Å²) in [6, 6.07) is 7.22. The van der Waals surface area contributed by atoms with Gasteiger partial charge in [-0.1, -0.05) is 18.2 Å². The van der Waals surface area contributed by atoms with Gasteiger partial charge in [-0.05, 0) is 18.1 Å². The van der Waals surface area contributed by atoms with Gasteiger partial charge in [0.2, 0.25) is 5.91 Å². The zero-order chi connectivity index (χ0) is 17.4. The number of hydrogen-bond acceptors (Lipinski definition) is 4. The van der Waals surface area contributed by atoms with Gasteiger partial charge in [0.1, 0.15) is 12.0 Å². The van der Waals surface area contributed by atoms with Crippen LogP contribution in [0.1, 0.15) is 50.9 Å². The van der Waals surface area contributed by atoms with Crippen molar-refractivity contribution in [2.75, 3.05) is 11.9 Å². The number of anilines is 1. The fraction of sp³-hybridized carbons (Fsp3) is 0.278. The van der Waals surface area contributed by atoms with Gasteiger partial charge in [0.25, 0.3) is 11.8 Å². The van der Waals surface area contributed by atoms with Crippen LogP contribution in [0.2, 0.25) is 0 Å². The first-order chi connectivity index (χ1) is 12.1. The Labute approximate surface area is 143 Å². The summed E-state index contributed by atoms with van der Waals surface area (Å²) in [5, 5.41) is 8.47. The molecule has 25 heavy (non-hydrogen) atoms. The second kappa shape index (κ2) is 6.08. The van der Waals surface area contributed by atoms with Crippen molar-refractivity contribution < 1.29 is 18.8 Å². The molecule has 1 unspecified atom stereocenters. The molecule has 0 spiro atoms. The fourth-order valence-electron chi connectivity index (χ4n) is 3.33. The molecule has 0 saturated carbocycles. The third kappa shape index (κ3) is 2.77. The summed E-state index contributed by atoms with van der Waals surface area (Å²) in [6.07, 6.45) is 3.06. The summed E-state index contributed by atoms with van der Waals surface area (Å²) in [5.74, 6) is -0.160. The Balaban J connectivity index is 1.61. The van der Waals surface area contributed by atoms with E-state index in [2.05, 4.69) is 16.0 Å². The quantitative estimate of drug-likeness (QED) is 0.793. The number of furan rings is 1. The largest absolute Gasteiger partial charge is 0.468 e. The van der Waals surface area contributed by atoms with Gasteiger partial charge in [0, 0.05) is 25.1 Å². The lowest BCUT2D eigenvalue weighted by Crippen LogP contribution is -2.32. The van der Waals surface area contributed by atoms with Gasteiger partial charge in [0.15, 0.2) is 0 Å². The Morgan fingerprint density at radius 1 is 1.20 bits per heavy atom. The molecule has 2 aromatic rings. The number of hydrogen-bond donors (Lipinski definition) is 3. The predicted molar refractivity (Wildman–Crippen MR) is 89.3 cm³/mol. The molecule has 7 nitrogen and oxygen atoms in total. The number of amides is 3. The highest BCUT2D eigenvalue weighted by atomic mass is 16.3. The van der Waals surface area contributed by atoms with E-state index >= 15 is 0 Å². The smallest absolute Gasteiger partial charge is 0.259 e. The standard InChI is InChI=1S/C18H17N3O4/c22-15-6-5-13(20-15)10-3-1-2-4-12(10)21-17(23)11-9-25-14-7-8-19-18(24)16(11)14/h1-4,9,13H,5-8H2,(H,19,24)(H,20,22)(H,21,23). The number of rotatable bonds is 3. The molecule has 1 aromatic carbocycles. The average molecular weight is 339 g/mol. The van der Waals surface area contributed by atoms with Crippen molar-refractivity contribution >= 4 is 23.4 Å². The van der Waals surface area contributed by atoms with Gasteiger partial charge in [-0.3, -0.25) is 14.4 Å². The molecule has 3 N–H and O–H groups in total. The third-order valence-corrected chi connectivity index (χ3v) is 4.56. The van der Waals surface area contributed by atoms with E-state index in [0.717, 1.165) is 5.56 Å². The van der Waals surface area contributed by atoms with Crippen molar-refractivity contribution in [2.24, 2.45) is 0 Å². The average Bonchev–Trinajstić information content (AvgIpc) is 3.22. The number of fused-ring (bicyclic) bond motifs is 1. The van der Waals surface area contributed by atoms with E-state index < -0.39 is 5.91 Å². The number of carbonyl (C=O) groups is 3. The van der Waals surface area contributed by atoms with Crippen LogP contribution in [0.3, 0.4) is 0 Å². The van der Waals surface area contributed by atoms with Gasteiger partial charge in [-0.15, -0.1) is 0 Å². The van der Waals surface area contributed by atoms with Crippen molar-refractivity contribution in [3.63, 3.8) is 0 Å². The first-order valence-electron chi connectivity index (χ1n) is 8.21. The second-order valence-electron chi connectivity index (χ2n) is 6.15. The zero-order valence-electron chi connectivity index (χ0n) is 13.4. The molecule has 3 heterocycles. The maximum absolute atomic E-state index is 12.7. The molecular formula is C18H17N3O4.